The van der Waals surface area contributed by atoms with Crippen LogP contribution in [0.5, 0.6) is 5.75 Å². The van der Waals surface area contributed by atoms with E-state index in [0.29, 0.717) is 41.0 Å². The second kappa shape index (κ2) is 8.96. The zero-order valence-electron chi connectivity index (χ0n) is 18.0. The van der Waals surface area contributed by atoms with Crippen molar-refractivity contribution in [3.63, 3.8) is 0 Å². The Kier molecular flexibility index (Phi) is 6.10. The molecule has 3 aromatic carbocycles. The average molecular weight is 437 g/mol. The maximum atomic E-state index is 14.6. The fourth-order valence-electron chi connectivity index (χ4n) is 4.02. The van der Waals surface area contributed by atoms with E-state index in [4.69, 9.17) is 0 Å². The summed E-state index contributed by atoms with van der Waals surface area (Å²) < 4.78 is 29.1. The van der Waals surface area contributed by atoms with Gasteiger partial charge in [-0.25, -0.2) is 8.78 Å². The molecule has 1 fully saturated rings. The van der Waals surface area contributed by atoms with Crippen LogP contribution >= 0.6 is 0 Å². The number of hydrogen-bond donors (Lipinski definition) is 3. The van der Waals surface area contributed by atoms with Crippen molar-refractivity contribution in [1.29, 1.82) is 0 Å². The van der Waals surface area contributed by atoms with Crippen LogP contribution in [0, 0.1) is 18.6 Å². The SMILES string of the molecule is CC(=O)Nc1ccc(-c2cc(C)cc(-c3ccc(F)c(N4CCNCC4)c3)c2O)cc1F. The first kappa shape index (κ1) is 21.8. The first-order chi connectivity index (χ1) is 15.3. The first-order valence-electron chi connectivity index (χ1n) is 10.5. The van der Waals surface area contributed by atoms with Crippen LogP contribution in [0.2, 0.25) is 0 Å². The number of anilines is 2. The predicted molar refractivity (Wildman–Crippen MR) is 123 cm³/mol. The van der Waals surface area contributed by atoms with Gasteiger partial charge in [0.25, 0.3) is 0 Å². The van der Waals surface area contributed by atoms with Crippen LogP contribution in [0.25, 0.3) is 22.3 Å². The molecule has 4 rings (SSSR count). The Bertz CT molecular complexity index is 1170. The fourth-order valence-corrected chi connectivity index (χ4v) is 4.02. The number of aryl methyl sites for hydroxylation is 1. The third-order valence-corrected chi connectivity index (χ3v) is 5.56. The lowest BCUT2D eigenvalue weighted by Crippen LogP contribution is -2.43. The number of amides is 1. The molecule has 0 unspecified atom stereocenters. The van der Waals surface area contributed by atoms with Crippen LogP contribution < -0.4 is 15.5 Å². The highest BCUT2D eigenvalue weighted by atomic mass is 19.1. The van der Waals surface area contributed by atoms with Gasteiger partial charge in [-0.05, 0) is 60.0 Å². The normalized spacial score (nSPS) is 13.8. The van der Waals surface area contributed by atoms with Gasteiger partial charge in [-0.1, -0.05) is 12.1 Å². The lowest BCUT2D eigenvalue weighted by molar-refractivity contribution is -0.114. The van der Waals surface area contributed by atoms with Crippen molar-refractivity contribution in [2.24, 2.45) is 0 Å². The van der Waals surface area contributed by atoms with E-state index in [2.05, 4.69) is 10.6 Å². The molecule has 0 aromatic heterocycles. The molecule has 1 heterocycles. The third kappa shape index (κ3) is 4.43. The van der Waals surface area contributed by atoms with Gasteiger partial charge in [-0.2, -0.15) is 0 Å². The van der Waals surface area contributed by atoms with Crippen molar-refractivity contribution in [1.82, 2.24) is 5.32 Å². The number of rotatable bonds is 4. The second-order valence-corrected chi connectivity index (χ2v) is 7.99. The van der Waals surface area contributed by atoms with Crippen LogP contribution in [0.15, 0.2) is 48.5 Å². The van der Waals surface area contributed by atoms with Crippen molar-refractivity contribution < 1.29 is 18.7 Å². The quantitative estimate of drug-likeness (QED) is 0.555. The molecule has 1 aliphatic heterocycles. The lowest BCUT2D eigenvalue weighted by Gasteiger charge is -2.30. The average Bonchev–Trinajstić information content (AvgIpc) is 2.77. The largest absolute Gasteiger partial charge is 0.507 e. The number of phenols is 1. The van der Waals surface area contributed by atoms with Gasteiger partial charge in [0.05, 0.1) is 11.4 Å². The van der Waals surface area contributed by atoms with Gasteiger partial charge in [0.1, 0.15) is 17.4 Å². The van der Waals surface area contributed by atoms with E-state index in [9.17, 15) is 18.7 Å². The molecule has 0 radical (unpaired) electrons. The van der Waals surface area contributed by atoms with Crippen LogP contribution in [0.3, 0.4) is 0 Å². The Morgan fingerprint density at radius 1 is 0.969 bits per heavy atom. The number of nitrogens with zero attached hydrogens (tertiary/aromatic N) is 1. The Hall–Kier alpha value is -3.45. The highest BCUT2D eigenvalue weighted by Crippen LogP contribution is 2.41. The number of nitrogens with one attached hydrogen (secondary N) is 2. The van der Waals surface area contributed by atoms with E-state index in [-0.39, 0.29) is 23.2 Å². The van der Waals surface area contributed by atoms with Gasteiger partial charge in [0.2, 0.25) is 5.91 Å². The van der Waals surface area contributed by atoms with Crippen LogP contribution in [0.4, 0.5) is 20.2 Å². The topological polar surface area (TPSA) is 64.6 Å². The first-order valence-corrected chi connectivity index (χ1v) is 10.5. The minimum absolute atomic E-state index is 0.0138. The summed E-state index contributed by atoms with van der Waals surface area (Å²) in [6.45, 7) is 6.16. The molecule has 1 amide bonds. The molecule has 32 heavy (non-hydrogen) atoms. The van der Waals surface area contributed by atoms with Crippen molar-refractivity contribution in [3.8, 4) is 28.0 Å². The number of aromatic hydroxyl groups is 1. The van der Waals surface area contributed by atoms with E-state index in [0.717, 1.165) is 18.7 Å². The number of carbonyl (C=O) groups excluding carboxylic acids is 1. The standard InChI is InChI=1S/C25H25F2N3O2/c1-15-11-19(17-4-6-23(22(27)13-17)29-16(2)31)25(32)20(12-15)18-3-5-21(26)24(14-18)30-9-7-28-8-10-30/h3-6,11-14,28,32H,7-10H2,1-2H3,(H,29,31). The maximum Gasteiger partial charge on any atom is 0.221 e. The van der Waals surface area contributed by atoms with E-state index < -0.39 is 5.82 Å². The Labute approximate surface area is 185 Å². The van der Waals surface area contributed by atoms with Crippen LogP contribution in [-0.4, -0.2) is 37.2 Å². The van der Waals surface area contributed by atoms with Crippen LogP contribution in [-0.2, 0) is 4.79 Å². The van der Waals surface area contributed by atoms with E-state index in [1.54, 1.807) is 24.3 Å². The third-order valence-electron chi connectivity index (χ3n) is 5.56. The molecule has 3 N–H and O–H groups in total. The summed E-state index contributed by atoms with van der Waals surface area (Å²) in [5.41, 5.74) is 3.60. The zero-order valence-corrected chi connectivity index (χ0v) is 18.0. The van der Waals surface area contributed by atoms with Crippen molar-refractivity contribution in [2.45, 2.75) is 13.8 Å². The summed E-state index contributed by atoms with van der Waals surface area (Å²) in [4.78, 5) is 13.2. The molecule has 7 heteroatoms. The number of phenolic OH excluding ortho intramolecular Hbond substituents is 1. The molecule has 3 aromatic rings. The number of carbonyl (C=O) groups is 1. The molecule has 0 aliphatic carbocycles. The van der Waals surface area contributed by atoms with Gasteiger partial charge in [-0.3, -0.25) is 4.79 Å². The summed E-state index contributed by atoms with van der Waals surface area (Å²) in [7, 11) is 0. The van der Waals surface area contributed by atoms with Crippen molar-refractivity contribution in [2.75, 3.05) is 36.4 Å². The molecular weight excluding hydrogens is 412 g/mol. The van der Waals surface area contributed by atoms with Gasteiger partial charge >= 0.3 is 0 Å². The summed E-state index contributed by atoms with van der Waals surface area (Å²) in [6, 6.07) is 12.8. The molecule has 166 valence electrons. The zero-order chi connectivity index (χ0) is 22.8. The Balaban J connectivity index is 1.76. The molecule has 5 nitrogen and oxygen atoms in total. The Morgan fingerprint density at radius 3 is 2.22 bits per heavy atom. The highest BCUT2D eigenvalue weighted by molar-refractivity contribution is 5.90. The number of benzene rings is 3. The van der Waals surface area contributed by atoms with Gasteiger partial charge in [-0.15, -0.1) is 0 Å². The minimum Gasteiger partial charge on any atom is -0.507 e. The number of halogens is 2. The molecule has 0 bridgehead atoms. The molecule has 0 atom stereocenters. The van der Waals surface area contributed by atoms with E-state index in [1.807, 2.05) is 17.9 Å². The predicted octanol–water partition coefficient (Wildman–Crippen LogP) is 4.68. The highest BCUT2D eigenvalue weighted by Gasteiger charge is 2.18. The van der Waals surface area contributed by atoms with E-state index in [1.165, 1.54) is 25.1 Å². The van der Waals surface area contributed by atoms with Gasteiger partial charge in [0.15, 0.2) is 0 Å². The lowest BCUT2D eigenvalue weighted by atomic mass is 9.94. The maximum absolute atomic E-state index is 14.6. The van der Waals surface area contributed by atoms with Gasteiger partial charge in [0, 0.05) is 44.2 Å². The fraction of sp³-hybridized carbons (Fsp3) is 0.240. The summed E-state index contributed by atoms with van der Waals surface area (Å²) >= 11 is 0. The molecule has 1 saturated heterocycles. The molecule has 1 aliphatic rings. The summed E-state index contributed by atoms with van der Waals surface area (Å²) in [6.07, 6.45) is 0. The number of hydrogen-bond acceptors (Lipinski definition) is 4. The van der Waals surface area contributed by atoms with Crippen LogP contribution in [0.1, 0.15) is 12.5 Å². The molecule has 0 spiro atoms. The molecular formula is C25H25F2N3O2. The monoisotopic (exact) mass is 437 g/mol. The number of piperazine rings is 1. The minimum atomic E-state index is -0.595. The smallest absolute Gasteiger partial charge is 0.221 e. The van der Waals surface area contributed by atoms with Crippen molar-refractivity contribution >= 4 is 17.3 Å². The second-order valence-electron chi connectivity index (χ2n) is 7.99. The van der Waals surface area contributed by atoms with Crippen molar-refractivity contribution in [3.05, 3.63) is 65.7 Å². The Morgan fingerprint density at radius 2 is 1.59 bits per heavy atom. The summed E-state index contributed by atoms with van der Waals surface area (Å²) in [5, 5.41) is 16.8. The van der Waals surface area contributed by atoms with Gasteiger partial charge < -0.3 is 20.6 Å². The van der Waals surface area contributed by atoms with E-state index >= 15 is 0 Å². The summed E-state index contributed by atoms with van der Waals surface area (Å²) in [5.74, 6) is -1.28. The molecule has 0 saturated carbocycles.